The molecule has 0 aliphatic carbocycles. The highest BCUT2D eigenvalue weighted by Crippen LogP contribution is 2.24. The summed E-state index contributed by atoms with van der Waals surface area (Å²) in [4.78, 5) is 4.27. The molecule has 2 heterocycles. The number of hydrogen-bond donors (Lipinski definition) is 1. The van der Waals surface area contributed by atoms with Gasteiger partial charge in [0.2, 0.25) is 0 Å². The molecule has 0 amide bonds. The predicted octanol–water partition coefficient (Wildman–Crippen LogP) is 2.30. The van der Waals surface area contributed by atoms with Crippen LogP contribution in [0.1, 0.15) is 11.5 Å². The first-order valence-corrected chi connectivity index (χ1v) is 9.23. The molecule has 11 heteroatoms. The lowest BCUT2D eigenvalue weighted by Gasteiger charge is -2.12. The summed E-state index contributed by atoms with van der Waals surface area (Å²) in [5.74, 6) is 0.529. The average molecular weight is 399 g/mol. The largest absolute Gasteiger partial charge is 0.278 e. The van der Waals surface area contributed by atoms with E-state index in [9.17, 15) is 8.42 Å². The number of anilines is 1. The second-order valence-corrected chi connectivity index (χ2v) is 7.66. The average Bonchev–Trinajstić information content (AvgIpc) is 2.95. The molecule has 0 unspecified atom stereocenters. The van der Waals surface area contributed by atoms with E-state index >= 15 is 0 Å². The number of hydrogen-bond acceptors (Lipinski definition) is 6. The zero-order chi connectivity index (χ0) is 18.0. The van der Waals surface area contributed by atoms with Gasteiger partial charge in [-0.15, -0.1) is 5.10 Å². The lowest BCUT2D eigenvalue weighted by Crippen LogP contribution is -2.15. The second kappa shape index (κ2) is 6.95. The fourth-order valence-corrected chi connectivity index (χ4v) is 3.42. The Kier molecular flexibility index (Phi) is 4.89. The fourth-order valence-electron chi connectivity index (χ4n) is 2.06. The van der Waals surface area contributed by atoms with E-state index in [2.05, 4.69) is 25.2 Å². The molecule has 0 aliphatic rings. The molecule has 0 fully saturated rings. The maximum absolute atomic E-state index is 12.6. The van der Waals surface area contributed by atoms with Crippen molar-refractivity contribution in [2.45, 2.75) is 11.3 Å². The quantitative estimate of drug-likeness (QED) is 0.706. The number of pyridine rings is 1. The Morgan fingerprint density at radius 3 is 2.52 bits per heavy atom. The summed E-state index contributed by atoms with van der Waals surface area (Å²) in [5, 5.41) is 11.9. The third kappa shape index (κ3) is 4.06. The molecule has 130 valence electrons. The number of sulfonamides is 1. The van der Waals surface area contributed by atoms with Gasteiger partial charge >= 0.3 is 0 Å². The van der Waals surface area contributed by atoms with Gasteiger partial charge in [-0.1, -0.05) is 23.2 Å². The monoisotopic (exact) mass is 398 g/mol. The molecule has 0 radical (unpaired) electrons. The molecule has 0 saturated heterocycles. The van der Waals surface area contributed by atoms with Crippen molar-refractivity contribution in [1.82, 2.24) is 25.2 Å². The van der Waals surface area contributed by atoms with E-state index in [1.165, 1.54) is 41.2 Å². The molecular formula is C14H12Cl2N6O2S. The molecule has 1 aromatic carbocycles. The minimum atomic E-state index is -3.82. The maximum atomic E-state index is 12.6. The van der Waals surface area contributed by atoms with E-state index in [1.807, 2.05) is 0 Å². The first kappa shape index (κ1) is 17.6. The number of benzene rings is 1. The van der Waals surface area contributed by atoms with Crippen LogP contribution in [0.4, 0.5) is 5.69 Å². The number of nitrogens with zero attached hydrogens (tertiary/aromatic N) is 5. The summed E-state index contributed by atoms with van der Waals surface area (Å²) in [5.41, 5.74) is 0.699. The Labute approximate surface area is 153 Å². The summed E-state index contributed by atoms with van der Waals surface area (Å²) >= 11 is 11.8. The van der Waals surface area contributed by atoms with Gasteiger partial charge in [-0.2, -0.15) is 0 Å². The van der Waals surface area contributed by atoms with E-state index in [4.69, 9.17) is 23.2 Å². The van der Waals surface area contributed by atoms with Crippen LogP contribution >= 0.6 is 23.2 Å². The van der Waals surface area contributed by atoms with Crippen LogP contribution in [0.3, 0.4) is 0 Å². The van der Waals surface area contributed by atoms with Crippen LogP contribution < -0.4 is 4.72 Å². The van der Waals surface area contributed by atoms with Crippen LogP contribution in [0, 0.1) is 0 Å². The second-order valence-electron chi connectivity index (χ2n) is 5.10. The molecule has 25 heavy (non-hydrogen) atoms. The topological polar surface area (TPSA) is 103 Å². The third-order valence-corrected chi connectivity index (χ3v) is 5.18. The lowest BCUT2D eigenvalue weighted by molar-refractivity contribution is 0.601. The highest BCUT2D eigenvalue weighted by molar-refractivity contribution is 7.92. The van der Waals surface area contributed by atoms with Gasteiger partial charge in [-0.25, -0.2) is 13.1 Å². The van der Waals surface area contributed by atoms with Crippen LogP contribution in [0.25, 0.3) is 0 Å². The Hall–Kier alpha value is -2.23. The smallest absolute Gasteiger partial charge is 0.261 e. The van der Waals surface area contributed by atoms with Crippen LogP contribution in [0.15, 0.2) is 41.4 Å². The van der Waals surface area contributed by atoms with Crippen molar-refractivity contribution >= 4 is 38.9 Å². The predicted molar refractivity (Wildman–Crippen MR) is 93.1 cm³/mol. The molecule has 1 N–H and O–H groups in total. The minimum absolute atomic E-state index is 0.0724. The Morgan fingerprint density at radius 2 is 1.88 bits per heavy atom. The van der Waals surface area contributed by atoms with Crippen LogP contribution in [-0.2, 0) is 23.5 Å². The number of aryl methyl sites for hydroxylation is 1. The van der Waals surface area contributed by atoms with E-state index in [-0.39, 0.29) is 17.0 Å². The fraction of sp³-hybridized carbons (Fsp3) is 0.143. The summed E-state index contributed by atoms with van der Waals surface area (Å²) in [6.07, 6.45) is 1.67. The van der Waals surface area contributed by atoms with Crippen LogP contribution in [0.2, 0.25) is 10.0 Å². The molecule has 2 aromatic heterocycles. The van der Waals surface area contributed by atoms with Gasteiger partial charge in [0.05, 0.1) is 27.7 Å². The van der Waals surface area contributed by atoms with Gasteiger partial charge in [0, 0.05) is 18.3 Å². The van der Waals surface area contributed by atoms with Crippen molar-refractivity contribution in [2.24, 2.45) is 7.05 Å². The Bertz CT molecular complexity index is 1000. The Balaban J connectivity index is 1.95. The molecule has 0 aliphatic heterocycles. The van der Waals surface area contributed by atoms with Gasteiger partial charge in [0.1, 0.15) is 0 Å². The SMILES string of the molecule is Cn1nnnc1Cc1ncc(Cl)cc1NS(=O)(=O)c1ccc(Cl)cc1. The highest BCUT2D eigenvalue weighted by atomic mass is 35.5. The molecule has 3 aromatic rings. The summed E-state index contributed by atoms with van der Waals surface area (Å²) < 4.78 is 29.1. The molecule has 8 nitrogen and oxygen atoms in total. The zero-order valence-electron chi connectivity index (χ0n) is 12.9. The van der Waals surface area contributed by atoms with Gasteiger partial charge in [-0.3, -0.25) is 9.71 Å². The number of rotatable bonds is 5. The summed E-state index contributed by atoms with van der Waals surface area (Å²) in [6.45, 7) is 0. The van der Waals surface area contributed by atoms with Crippen molar-refractivity contribution in [2.75, 3.05) is 4.72 Å². The van der Waals surface area contributed by atoms with Crippen molar-refractivity contribution in [3.8, 4) is 0 Å². The van der Waals surface area contributed by atoms with Gasteiger partial charge in [0.25, 0.3) is 10.0 Å². The van der Waals surface area contributed by atoms with Crippen molar-refractivity contribution in [3.05, 3.63) is 58.1 Å². The van der Waals surface area contributed by atoms with Gasteiger partial charge in [-0.05, 0) is 40.8 Å². The first-order valence-electron chi connectivity index (χ1n) is 6.99. The summed E-state index contributed by atoms with van der Waals surface area (Å²) in [6, 6.07) is 7.31. The van der Waals surface area contributed by atoms with Crippen LogP contribution in [0.5, 0.6) is 0 Å². The van der Waals surface area contributed by atoms with E-state index in [0.717, 1.165) is 0 Å². The van der Waals surface area contributed by atoms with Crippen LogP contribution in [-0.4, -0.2) is 33.6 Å². The third-order valence-electron chi connectivity index (χ3n) is 3.34. The molecule has 0 saturated carbocycles. The standard InChI is InChI=1S/C14H12Cl2N6O2S/c1-22-14(18-20-21-22)7-12-13(6-10(16)8-17-12)19-25(23,24)11-4-2-9(15)3-5-11/h2-6,8,19H,7H2,1H3. The van der Waals surface area contributed by atoms with E-state index in [1.54, 1.807) is 7.05 Å². The highest BCUT2D eigenvalue weighted by Gasteiger charge is 2.18. The first-order chi connectivity index (χ1) is 11.8. The molecule has 3 rings (SSSR count). The summed E-state index contributed by atoms with van der Waals surface area (Å²) in [7, 11) is -2.14. The lowest BCUT2D eigenvalue weighted by atomic mass is 10.2. The number of nitrogens with one attached hydrogen (secondary N) is 1. The van der Waals surface area contributed by atoms with Crippen molar-refractivity contribution in [1.29, 1.82) is 0 Å². The number of tetrazole rings is 1. The van der Waals surface area contributed by atoms with E-state index < -0.39 is 10.0 Å². The molecule has 0 atom stereocenters. The number of halogens is 2. The van der Waals surface area contributed by atoms with Gasteiger partial charge in [0.15, 0.2) is 5.82 Å². The van der Waals surface area contributed by atoms with E-state index in [0.29, 0.717) is 21.6 Å². The zero-order valence-corrected chi connectivity index (χ0v) is 15.2. The normalized spacial score (nSPS) is 11.5. The molecule has 0 bridgehead atoms. The molecule has 0 spiro atoms. The van der Waals surface area contributed by atoms with Gasteiger partial charge < -0.3 is 0 Å². The van der Waals surface area contributed by atoms with Crippen molar-refractivity contribution in [3.63, 3.8) is 0 Å². The maximum Gasteiger partial charge on any atom is 0.261 e. The number of aromatic nitrogens is 5. The Morgan fingerprint density at radius 1 is 1.16 bits per heavy atom. The molecular weight excluding hydrogens is 387 g/mol. The van der Waals surface area contributed by atoms with Crippen molar-refractivity contribution < 1.29 is 8.42 Å². The minimum Gasteiger partial charge on any atom is -0.278 e.